The third-order valence-corrected chi connectivity index (χ3v) is 5.58. The quantitative estimate of drug-likeness (QED) is 0.815. The van der Waals surface area contributed by atoms with Crippen LogP contribution in [-0.4, -0.2) is 48.8 Å². The number of carbonyl (C=O) groups excluding carboxylic acids is 1. The van der Waals surface area contributed by atoms with Gasteiger partial charge in [0, 0.05) is 19.3 Å². The number of ether oxygens (including phenoxy) is 1. The van der Waals surface area contributed by atoms with Crippen molar-refractivity contribution in [1.82, 2.24) is 9.88 Å². The van der Waals surface area contributed by atoms with E-state index in [1.165, 1.54) is 18.3 Å². The molecule has 0 N–H and O–H groups in total. The Morgan fingerprint density at radius 1 is 1.48 bits per heavy atom. The second-order valence-electron chi connectivity index (χ2n) is 7.21. The first kappa shape index (κ1) is 19.2. The molecule has 0 saturated carbocycles. The summed E-state index contributed by atoms with van der Waals surface area (Å²) in [6.07, 6.45) is 2.35. The number of hydrogen-bond acceptors (Lipinski definition) is 6. The minimum Gasteiger partial charge on any atom is -0.444 e. The van der Waals surface area contributed by atoms with Crippen molar-refractivity contribution in [3.05, 3.63) is 23.9 Å². The summed E-state index contributed by atoms with van der Waals surface area (Å²) in [4.78, 5) is 17.6. The van der Waals surface area contributed by atoms with E-state index in [2.05, 4.69) is 4.98 Å². The highest BCUT2D eigenvalue weighted by atomic mass is 32.2. The first-order valence-electron chi connectivity index (χ1n) is 8.17. The molecule has 0 radical (unpaired) electrons. The van der Waals surface area contributed by atoms with Crippen molar-refractivity contribution in [3.63, 3.8) is 0 Å². The zero-order chi connectivity index (χ0) is 18.7. The smallest absolute Gasteiger partial charge is 0.410 e. The molecule has 1 amide bonds. The van der Waals surface area contributed by atoms with E-state index in [9.17, 15) is 13.2 Å². The fourth-order valence-electron chi connectivity index (χ4n) is 2.74. The number of sulfone groups is 1. The van der Waals surface area contributed by atoms with Gasteiger partial charge in [0.05, 0.1) is 17.4 Å². The largest absolute Gasteiger partial charge is 0.444 e. The minimum absolute atomic E-state index is 0.0964. The fraction of sp³-hybridized carbons (Fsp3) is 0.588. The Balaban J connectivity index is 2.06. The van der Waals surface area contributed by atoms with E-state index in [0.717, 1.165) is 12.8 Å². The number of hydrogen-bond donors (Lipinski definition) is 0. The van der Waals surface area contributed by atoms with Crippen molar-refractivity contribution >= 4 is 15.9 Å². The van der Waals surface area contributed by atoms with Crippen molar-refractivity contribution in [2.45, 2.75) is 44.2 Å². The van der Waals surface area contributed by atoms with Crippen LogP contribution in [0, 0.1) is 17.2 Å². The molecule has 2 rings (SSSR count). The van der Waals surface area contributed by atoms with Crippen molar-refractivity contribution in [2.24, 2.45) is 5.92 Å². The van der Waals surface area contributed by atoms with Crippen molar-refractivity contribution in [2.75, 3.05) is 18.8 Å². The van der Waals surface area contributed by atoms with Gasteiger partial charge < -0.3 is 9.64 Å². The second kappa shape index (κ2) is 7.40. The number of nitriles is 1. The summed E-state index contributed by atoms with van der Waals surface area (Å²) in [6.45, 7) is 6.29. The predicted molar refractivity (Wildman–Crippen MR) is 91.5 cm³/mol. The van der Waals surface area contributed by atoms with Crippen molar-refractivity contribution < 1.29 is 17.9 Å². The number of pyridine rings is 1. The van der Waals surface area contributed by atoms with Crippen LogP contribution in [-0.2, 0) is 14.6 Å². The molecule has 0 bridgehead atoms. The van der Waals surface area contributed by atoms with Crippen LogP contribution < -0.4 is 0 Å². The third-order valence-electron chi connectivity index (χ3n) is 3.81. The maximum Gasteiger partial charge on any atom is 0.410 e. The second-order valence-corrected chi connectivity index (χ2v) is 9.19. The number of nitrogens with zero attached hydrogens (tertiary/aromatic N) is 3. The van der Waals surface area contributed by atoms with Gasteiger partial charge in [0.25, 0.3) is 0 Å². The number of amides is 1. The van der Waals surface area contributed by atoms with E-state index < -0.39 is 21.5 Å². The van der Waals surface area contributed by atoms with E-state index >= 15 is 0 Å². The number of likely N-dealkylation sites (tertiary alicyclic amines) is 1. The average molecular weight is 365 g/mol. The molecule has 1 aromatic heterocycles. The van der Waals surface area contributed by atoms with Gasteiger partial charge in [-0.3, -0.25) is 0 Å². The van der Waals surface area contributed by atoms with E-state index in [0.29, 0.717) is 13.1 Å². The van der Waals surface area contributed by atoms with Gasteiger partial charge in [0.1, 0.15) is 5.60 Å². The molecule has 1 unspecified atom stereocenters. The number of aromatic nitrogens is 1. The monoisotopic (exact) mass is 365 g/mol. The Morgan fingerprint density at radius 3 is 2.84 bits per heavy atom. The molecule has 8 heteroatoms. The van der Waals surface area contributed by atoms with Gasteiger partial charge in [-0.05, 0) is 51.7 Å². The van der Waals surface area contributed by atoms with Crippen LogP contribution in [0.5, 0.6) is 0 Å². The van der Waals surface area contributed by atoms with Gasteiger partial charge in [-0.25, -0.2) is 18.2 Å². The van der Waals surface area contributed by atoms with E-state index in [1.807, 2.05) is 6.07 Å². The molecule has 1 fully saturated rings. The molecule has 0 aromatic carbocycles. The van der Waals surface area contributed by atoms with Gasteiger partial charge in [-0.15, -0.1) is 0 Å². The lowest BCUT2D eigenvalue weighted by atomic mass is 10.0. The molecule has 2 heterocycles. The fourth-order valence-corrected chi connectivity index (χ4v) is 4.33. The molecule has 1 atom stereocenters. The van der Waals surface area contributed by atoms with Gasteiger partial charge in [-0.2, -0.15) is 5.26 Å². The normalized spacial score (nSPS) is 18.5. The van der Waals surface area contributed by atoms with Gasteiger partial charge in [0.15, 0.2) is 14.9 Å². The lowest BCUT2D eigenvalue weighted by molar-refractivity contribution is 0.0176. The molecule has 1 aliphatic heterocycles. The molecule has 0 spiro atoms. The Morgan fingerprint density at radius 2 is 2.20 bits per heavy atom. The zero-order valence-corrected chi connectivity index (χ0v) is 15.5. The Bertz CT molecular complexity index is 778. The van der Waals surface area contributed by atoms with Crippen LogP contribution in [0.4, 0.5) is 4.79 Å². The molecule has 0 aliphatic carbocycles. The Labute approximate surface area is 148 Å². The molecular weight excluding hydrogens is 342 g/mol. The zero-order valence-electron chi connectivity index (χ0n) is 14.7. The third kappa shape index (κ3) is 5.43. The molecule has 1 aromatic rings. The number of carbonyl (C=O) groups is 1. The molecule has 1 aliphatic rings. The summed E-state index contributed by atoms with van der Waals surface area (Å²) in [5.74, 6) is -0.285. The Kier molecular flexibility index (Phi) is 5.68. The summed E-state index contributed by atoms with van der Waals surface area (Å²) < 4.78 is 30.5. The highest BCUT2D eigenvalue weighted by Gasteiger charge is 2.31. The van der Waals surface area contributed by atoms with E-state index in [-0.39, 0.29) is 22.3 Å². The lowest BCUT2D eigenvalue weighted by Crippen LogP contribution is -2.44. The van der Waals surface area contributed by atoms with Gasteiger partial charge in [0.2, 0.25) is 0 Å². The van der Waals surface area contributed by atoms with Crippen LogP contribution in [0.1, 0.15) is 39.2 Å². The molecule has 7 nitrogen and oxygen atoms in total. The highest BCUT2D eigenvalue weighted by molar-refractivity contribution is 7.91. The van der Waals surface area contributed by atoms with Crippen molar-refractivity contribution in [3.8, 4) is 6.07 Å². The highest BCUT2D eigenvalue weighted by Crippen LogP contribution is 2.23. The topological polar surface area (TPSA) is 100 Å². The summed E-state index contributed by atoms with van der Waals surface area (Å²) in [5, 5.41) is 8.81. The molecular formula is C17H23N3O4S. The minimum atomic E-state index is -3.62. The van der Waals surface area contributed by atoms with Crippen LogP contribution in [0.3, 0.4) is 0 Å². The summed E-state index contributed by atoms with van der Waals surface area (Å²) in [5.41, 5.74) is -0.329. The first-order chi connectivity index (χ1) is 11.6. The van der Waals surface area contributed by atoms with Crippen molar-refractivity contribution in [1.29, 1.82) is 5.26 Å². The standard InChI is InChI=1S/C17H23N3O4S/c1-17(2,3)24-16(21)20-8-4-5-14(11-20)12-25(22,23)15-9-13(10-18)6-7-19-15/h6-7,9,14H,4-5,8,11-12H2,1-3H3. The summed E-state index contributed by atoms with van der Waals surface area (Å²) in [7, 11) is -3.62. The summed E-state index contributed by atoms with van der Waals surface area (Å²) in [6, 6.07) is 4.66. The van der Waals surface area contributed by atoms with Gasteiger partial charge >= 0.3 is 6.09 Å². The van der Waals surface area contributed by atoms with Crippen LogP contribution in [0.25, 0.3) is 0 Å². The molecule has 1 saturated heterocycles. The molecule has 136 valence electrons. The molecule has 25 heavy (non-hydrogen) atoms. The Hall–Kier alpha value is -2.14. The van der Waals surface area contributed by atoms with E-state index in [4.69, 9.17) is 10.00 Å². The van der Waals surface area contributed by atoms with Crippen LogP contribution in [0.15, 0.2) is 23.4 Å². The maximum absolute atomic E-state index is 12.6. The SMILES string of the molecule is CC(C)(C)OC(=O)N1CCCC(CS(=O)(=O)c2cc(C#N)ccn2)C1. The summed E-state index contributed by atoms with van der Waals surface area (Å²) >= 11 is 0. The van der Waals surface area contributed by atoms with Gasteiger partial charge in [-0.1, -0.05) is 0 Å². The number of piperidine rings is 1. The van der Waals surface area contributed by atoms with Crippen LogP contribution >= 0.6 is 0 Å². The first-order valence-corrected chi connectivity index (χ1v) is 9.83. The number of rotatable bonds is 3. The average Bonchev–Trinajstić information content (AvgIpc) is 2.53. The van der Waals surface area contributed by atoms with Crippen LogP contribution in [0.2, 0.25) is 0 Å². The maximum atomic E-state index is 12.6. The lowest BCUT2D eigenvalue weighted by Gasteiger charge is -2.34. The predicted octanol–water partition coefficient (Wildman–Crippen LogP) is 2.37. The van der Waals surface area contributed by atoms with E-state index in [1.54, 1.807) is 25.7 Å².